The number of anilines is 1. The predicted octanol–water partition coefficient (Wildman–Crippen LogP) is 2.43. The standard InChI is InChI=1S/C19H24N4O2/c24-18(20-10-4-8-15-6-2-1-3-7-15)16-12-21-19(22-13-16)23-14-17-9-5-11-25-17/h1-3,6-7,12-13,17H,4-5,8-11,14H2,(H,20,24)(H,21,22,23). The summed E-state index contributed by atoms with van der Waals surface area (Å²) in [6.07, 6.45) is 7.36. The van der Waals surface area contributed by atoms with E-state index < -0.39 is 0 Å². The maximum absolute atomic E-state index is 12.1. The highest BCUT2D eigenvalue weighted by Gasteiger charge is 2.15. The Labute approximate surface area is 148 Å². The van der Waals surface area contributed by atoms with Gasteiger partial charge in [-0.2, -0.15) is 0 Å². The Morgan fingerprint density at radius 1 is 1.20 bits per heavy atom. The Kier molecular flexibility index (Phi) is 6.34. The number of carbonyl (C=O) groups excluding carboxylic acids is 1. The van der Waals surface area contributed by atoms with E-state index in [0.717, 1.165) is 32.3 Å². The maximum Gasteiger partial charge on any atom is 0.254 e. The van der Waals surface area contributed by atoms with Crippen LogP contribution in [-0.2, 0) is 11.2 Å². The van der Waals surface area contributed by atoms with Crippen molar-refractivity contribution in [3.63, 3.8) is 0 Å². The van der Waals surface area contributed by atoms with Crippen molar-refractivity contribution >= 4 is 11.9 Å². The lowest BCUT2D eigenvalue weighted by atomic mass is 10.1. The predicted molar refractivity (Wildman–Crippen MR) is 96.6 cm³/mol. The molecule has 6 heteroatoms. The Balaban J connectivity index is 1.38. The van der Waals surface area contributed by atoms with Gasteiger partial charge in [-0.25, -0.2) is 9.97 Å². The van der Waals surface area contributed by atoms with Crippen LogP contribution in [0.3, 0.4) is 0 Å². The van der Waals surface area contributed by atoms with Crippen LogP contribution in [-0.4, -0.2) is 41.7 Å². The average Bonchev–Trinajstić information content (AvgIpc) is 3.18. The number of nitrogens with one attached hydrogen (secondary N) is 2. The Hall–Kier alpha value is -2.47. The smallest absolute Gasteiger partial charge is 0.254 e. The topological polar surface area (TPSA) is 76.1 Å². The Morgan fingerprint density at radius 3 is 2.72 bits per heavy atom. The first-order valence-electron chi connectivity index (χ1n) is 8.81. The molecule has 2 heterocycles. The number of ether oxygens (including phenoxy) is 1. The quantitative estimate of drug-likeness (QED) is 0.722. The summed E-state index contributed by atoms with van der Waals surface area (Å²) in [4.78, 5) is 20.5. The van der Waals surface area contributed by atoms with E-state index in [1.54, 1.807) is 12.4 Å². The molecule has 0 aliphatic carbocycles. The van der Waals surface area contributed by atoms with E-state index >= 15 is 0 Å². The van der Waals surface area contributed by atoms with Gasteiger partial charge in [0.15, 0.2) is 0 Å². The van der Waals surface area contributed by atoms with Gasteiger partial charge in [0.1, 0.15) is 0 Å². The van der Waals surface area contributed by atoms with Gasteiger partial charge in [0, 0.05) is 32.1 Å². The van der Waals surface area contributed by atoms with Gasteiger partial charge in [0.25, 0.3) is 5.91 Å². The van der Waals surface area contributed by atoms with Crippen molar-refractivity contribution in [1.82, 2.24) is 15.3 Å². The van der Waals surface area contributed by atoms with Crippen molar-refractivity contribution in [2.75, 3.05) is 25.0 Å². The third kappa shape index (κ3) is 5.53. The van der Waals surface area contributed by atoms with E-state index in [4.69, 9.17) is 4.74 Å². The molecule has 1 aliphatic rings. The number of aryl methyl sites for hydroxylation is 1. The molecule has 3 rings (SSSR count). The fourth-order valence-corrected chi connectivity index (χ4v) is 2.79. The van der Waals surface area contributed by atoms with Crippen molar-refractivity contribution < 1.29 is 9.53 Å². The second kappa shape index (κ2) is 9.13. The third-order valence-corrected chi connectivity index (χ3v) is 4.20. The van der Waals surface area contributed by atoms with Crippen molar-refractivity contribution in [2.45, 2.75) is 31.8 Å². The van der Waals surface area contributed by atoms with E-state index in [9.17, 15) is 4.79 Å². The molecule has 1 saturated heterocycles. The summed E-state index contributed by atoms with van der Waals surface area (Å²) in [6.45, 7) is 2.16. The van der Waals surface area contributed by atoms with Gasteiger partial charge in [-0.05, 0) is 31.2 Å². The molecule has 0 bridgehead atoms. The first-order chi connectivity index (χ1) is 12.3. The largest absolute Gasteiger partial charge is 0.376 e. The molecule has 1 aromatic carbocycles. The molecule has 2 N–H and O–H groups in total. The maximum atomic E-state index is 12.1. The fraction of sp³-hybridized carbons (Fsp3) is 0.421. The lowest BCUT2D eigenvalue weighted by Crippen LogP contribution is -2.25. The molecule has 25 heavy (non-hydrogen) atoms. The SMILES string of the molecule is O=C(NCCCc1ccccc1)c1cnc(NCC2CCCO2)nc1. The van der Waals surface area contributed by atoms with Gasteiger partial charge in [-0.15, -0.1) is 0 Å². The molecule has 1 aliphatic heterocycles. The highest BCUT2D eigenvalue weighted by Crippen LogP contribution is 2.12. The Morgan fingerprint density at radius 2 is 2.00 bits per heavy atom. The van der Waals surface area contributed by atoms with Crippen LogP contribution in [0.5, 0.6) is 0 Å². The molecule has 6 nitrogen and oxygen atoms in total. The zero-order valence-corrected chi connectivity index (χ0v) is 14.3. The van der Waals surface area contributed by atoms with Crippen LogP contribution in [0.1, 0.15) is 35.2 Å². The molecule has 1 unspecified atom stereocenters. The minimum Gasteiger partial charge on any atom is -0.376 e. The molecule has 132 valence electrons. The van der Waals surface area contributed by atoms with E-state index in [2.05, 4.69) is 32.7 Å². The summed E-state index contributed by atoms with van der Waals surface area (Å²) in [6, 6.07) is 10.2. The molecule has 1 fully saturated rings. The van der Waals surface area contributed by atoms with E-state index in [-0.39, 0.29) is 12.0 Å². The minimum atomic E-state index is -0.140. The number of aromatic nitrogens is 2. The lowest BCUT2D eigenvalue weighted by Gasteiger charge is -2.10. The van der Waals surface area contributed by atoms with Crippen LogP contribution < -0.4 is 10.6 Å². The molecule has 1 amide bonds. The highest BCUT2D eigenvalue weighted by atomic mass is 16.5. The molecule has 0 saturated carbocycles. The van der Waals surface area contributed by atoms with Crippen molar-refractivity contribution in [3.05, 3.63) is 53.9 Å². The monoisotopic (exact) mass is 340 g/mol. The first-order valence-corrected chi connectivity index (χ1v) is 8.81. The van der Waals surface area contributed by atoms with Gasteiger partial charge in [-0.3, -0.25) is 4.79 Å². The van der Waals surface area contributed by atoms with Gasteiger partial charge in [0.05, 0.1) is 11.7 Å². The van der Waals surface area contributed by atoms with Crippen LogP contribution in [0.2, 0.25) is 0 Å². The number of carbonyl (C=O) groups is 1. The highest BCUT2D eigenvalue weighted by molar-refractivity contribution is 5.93. The number of hydrogen-bond acceptors (Lipinski definition) is 5. The van der Waals surface area contributed by atoms with Crippen LogP contribution >= 0.6 is 0 Å². The molecular weight excluding hydrogens is 316 g/mol. The summed E-state index contributed by atoms with van der Waals surface area (Å²) in [5.74, 6) is 0.384. The van der Waals surface area contributed by atoms with E-state index in [0.29, 0.717) is 24.6 Å². The van der Waals surface area contributed by atoms with Crippen LogP contribution in [0, 0.1) is 0 Å². The summed E-state index contributed by atoms with van der Waals surface area (Å²) in [5.41, 5.74) is 1.75. The van der Waals surface area contributed by atoms with Gasteiger partial charge >= 0.3 is 0 Å². The van der Waals surface area contributed by atoms with Crippen molar-refractivity contribution in [1.29, 1.82) is 0 Å². The second-order valence-electron chi connectivity index (χ2n) is 6.16. The molecule has 2 aromatic rings. The average molecular weight is 340 g/mol. The van der Waals surface area contributed by atoms with Crippen LogP contribution in [0.25, 0.3) is 0 Å². The third-order valence-electron chi connectivity index (χ3n) is 4.20. The summed E-state index contributed by atoms with van der Waals surface area (Å²) in [7, 11) is 0. The van der Waals surface area contributed by atoms with Crippen LogP contribution in [0.4, 0.5) is 5.95 Å². The van der Waals surface area contributed by atoms with E-state index in [1.165, 1.54) is 5.56 Å². The van der Waals surface area contributed by atoms with Crippen molar-refractivity contribution in [2.24, 2.45) is 0 Å². The molecule has 0 radical (unpaired) electrons. The first kappa shape index (κ1) is 17.4. The van der Waals surface area contributed by atoms with Gasteiger partial charge in [-0.1, -0.05) is 30.3 Å². The summed E-state index contributed by atoms with van der Waals surface area (Å²) < 4.78 is 5.54. The minimum absolute atomic E-state index is 0.140. The number of benzene rings is 1. The Bertz CT molecular complexity index is 655. The molecule has 1 aromatic heterocycles. The molecule has 1 atom stereocenters. The molecular formula is C19H24N4O2. The second-order valence-corrected chi connectivity index (χ2v) is 6.16. The summed E-state index contributed by atoms with van der Waals surface area (Å²) in [5, 5.41) is 6.05. The lowest BCUT2D eigenvalue weighted by molar-refractivity contribution is 0.0952. The zero-order valence-electron chi connectivity index (χ0n) is 14.3. The number of hydrogen-bond donors (Lipinski definition) is 2. The number of amides is 1. The normalized spacial score (nSPS) is 16.6. The van der Waals surface area contributed by atoms with Crippen molar-refractivity contribution in [3.8, 4) is 0 Å². The summed E-state index contributed by atoms with van der Waals surface area (Å²) >= 11 is 0. The number of nitrogens with zero attached hydrogens (tertiary/aromatic N) is 2. The zero-order chi connectivity index (χ0) is 17.3. The number of rotatable bonds is 8. The molecule has 0 spiro atoms. The van der Waals surface area contributed by atoms with E-state index in [1.807, 2.05) is 18.2 Å². The van der Waals surface area contributed by atoms with Gasteiger partial charge < -0.3 is 15.4 Å². The van der Waals surface area contributed by atoms with Crippen LogP contribution in [0.15, 0.2) is 42.7 Å². The fourth-order valence-electron chi connectivity index (χ4n) is 2.79. The van der Waals surface area contributed by atoms with Gasteiger partial charge in [0.2, 0.25) is 5.95 Å².